The molecule has 2 aromatic rings. The Bertz CT molecular complexity index is 1270. The van der Waals surface area contributed by atoms with Crippen molar-refractivity contribution in [3.8, 4) is 11.9 Å². The molecule has 0 spiro atoms. The smallest absolute Gasteiger partial charge is 0.228 e. The molecule has 1 saturated carbocycles. The molecule has 1 aromatic carbocycles. The summed E-state index contributed by atoms with van der Waals surface area (Å²) in [7, 11) is 0. The van der Waals surface area contributed by atoms with Crippen molar-refractivity contribution in [2.24, 2.45) is 17.3 Å². The summed E-state index contributed by atoms with van der Waals surface area (Å²) in [6.07, 6.45) is 4.91. The van der Waals surface area contributed by atoms with Crippen LogP contribution in [0.4, 0.5) is 8.78 Å². The van der Waals surface area contributed by atoms with Crippen LogP contribution in [-0.2, 0) is 9.59 Å². The summed E-state index contributed by atoms with van der Waals surface area (Å²) in [4.78, 5) is 34.3. The molecule has 1 aromatic heterocycles. The van der Waals surface area contributed by atoms with Gasteiger partial charge in [-0.2, -0.15) is 5.26 Å². The molecule has 5 rings (SSSR count). The van der Waals surface area contributed by atoms with Crippen molar-refractivity contribution in [1.29, 1.82) is 5.26 Å². The maximum Gasteiger partial charge on any atom is 0.228 e. The van der Waals surface area contributed by atoms with Gasteiger partial charge in [0.1, 0.15) is 12.2 Å². The van der Waals surface area contributed by atoms with Gasteiger partial charge in [-0.05, 0) is 62.8 Å². The van der Waals surface area contributed by atoms with Gasteiger partial charge in [0, 0.05) is 61.6 Å². The zero-order valence-corrected chi connectivity index (χ0v) is 22.4. The van der Waals surface area contributed by atoms with Crippen molar-refractivity contribution in [1.82, 2.24) is 14.8 Å². The van der Waals surface area contributed by atoms with E-state index in [9.17, 15) is 18.4 Å². The van der Waals surface area contributed by atoms with Crippen LogP contribution in [0.3, 0.4) is 0 Å². The number of halogens is 2. The molecule has 3 atom stereocenters. The topological polar surface area (TPSA) is 86.5 Å². The first-order valence-corrected chi connectivity index (χ1v) is 13.7. The number of carbonyl (C=O) groups excluding carboxylic acids is 2. The Morgan fingerprint density at radius 3 is 2.41 bits per heavy atom. The van der Waals surface area contributed by atoms with Gasteiger partial charge in [-0.3, -0.25) is 9.59 Å². The highest BCUT2D eigenvalue weighted by Gasteiger charge is 2.48. The van der Waals surface area contributed by atoms with Gasteiger partial charge in [-0.15, -0.1) is 0 Å². The average molecular weight is 537 g/mol. The molecule has 2 amide bonds. The Morgan fingerprint density at radius 1 is 1.08 bits per heavy atom. The number of amides is 2. The van der Waals surface area contributed by atoms with Crippen molar-refractivity contribution >= 4 is 11.8 Å². The van der Waals surface area contributed by atoms with Crippen molar-refractivity contribution in [3.63, 3.8) is 0 Å². The maximum atomic E-state index is 14.3. The van der Waals surface area contributed by atoms with E-state index in [2.05, 4.69) is 4.98 Å². The number of piperidine rings is 2. The van der Waals surface area contributed by atoms with Crippen LogP contribution < -0.4 is 4.74 Å². The lowest BCUT2D eigenvalue weighted by Crippen LogP contribution is -2.50. The number of pyridine rings is 1. The number of nitrogens with zero attached hydrogens (tertiary/aromatic N) is 4. The third-order valence-corrected chi connectivity index (χ3v) is 8.77. The molecular formula is C30H34F2N4O3. The van der Waals surface area contributed by atoms with Gasteiger partial charge < -0.3 is 14.5 Å². The molecule has 206 valence electrons. The highest BCUT2D eigenvalue weighted by Crippen LogP contribution is 2.47. The van der Waals surface area contributed by atoms with Gasteiger partial charge in [0.05, 0.1) is 5.56 Å². The third-order valence-electron chi connectivity index (χ3n) is 8.77. The molecule has 2 aliphatic heterocycles. The van der Waals surface area contributed by atoms with Gasteiger partial charge >= 0.3 is 0 Å². The molecule has 9 heteroatoms. The van der Waals surface area contributed by atoms with Gasteiger partial charge in [0.15, 0.2) is 11.6 Å². The minimum atomic E-state index is -0.918. The maximum absolute atomic E-state index is 14.3. The number of nitriles is 1. The van der Waals surface area contributed by atoms with E-state index >= 15 is 0 Å². The van der Waals surface area contributed by atoms with Gasteiger partial charge in [-0.25, -0.2) is 13.8 Å². The lowest BCUT2D eigenvalue weighted by atomic mass is 9.77. The van der Waals surface area contributed by atoms with Crippen molar-refractivity contribution in [2.75, 3.05) is 26.2 Å². The number of likely N-dealkylation sites (tertiary alicyclic amines) is 2. The van der Waals surface area contributed by atoms with Crippen LogP contribution in [0.1, 0.15) is 63.0 Å². The highest BCUT2D eigenvalue weighted by molar-refractivity contribution is 5.85. The molecule has 0 bridgehead atoms. The monoisotopic (exact) mass is 536 g/mol. The number of hydrogen-bond acceptors (Lipinski definition) is 5. The van der Waals surface area contributed by atoms with E-state index in [0.717, 1.165) is 18.9 Å². The zero-order valence-electron chi connectivity index (χ0n) is 22.4. The number of benzene rings is 1. The summed E-state index contributed by atoms with van der Waals surface area (Å²) in [5.41, 5.74) is 0.846. The molecule has 3 fully saturated rings. The fourth-order valence-electron chi connectivity index (χ4n) is 5.99. The first-order chi connectivity index (χ1) is 18.7. The minimum Gasteiger partial charge on any atom is -0.474 e. The summed E-state index contributed by atoms with van der Waals surface area (Å²) in [6.45, 7) is 6.03. The summed E-state index contributed by atoms with van der Waals surface area (Å²) in [5, 5.41) is 9.01. The fourth-order valence-corrected chi connectivity index (χ4v) is 5.99. The Morgan fingerprint density at radius 2 is 1.79 bits per heavy atom. The Hall–Kier alpha value is -3.54. The van der Waals surface area contributed by atoms with Crippen molar-refractivity contribution in [2.45, 2.75) is 58.0 Å². The van der Waals surface area contributed by atoms with Crippen LogP contribution in [-0.4, -0.2) is 58.9 Å². The molecular weight excluding hydrogens is 502 g/mol. The zero-order chi connectivity index (χ0) is 27.7. The van der Waals surface area contributed by atoms with Crippen molar-refractivity contribution in [3.05, 3.63) is 59.3 Å². The number of carbonyl (C=O) groups is 2. The van der Waals surface area contributed by atoms with Gasteiger partial charge in [-0.1, -0.05) is 13.0 Å². The second-order valence-electron chi connectivity index (χ2n) is 11.5. The lowest BCUT2D eigenvalue weighted by Gasteiger charge is -2.43. The van der Waals surface area contributed by atoms with E-state index in [0.29, 0.717) is 62.4 Å². The molecule has 0 radical (unpaired) electrons. The molecule has 39 heavy (non-hydrogen) atoms. The van der Waals surface area contributed by atoms with Crippen LogP contribution in [0.5, 0.6) is 5.88 Å². The first-order valence-electron chi connectivity index (χ1n) is 13.7. The quantitative estimate of drug-likeness (QED) is 0.536. The Labute approximate surface area is 227 Å². The van der Waals surface area contributed by atoms with Crippen molar-refractivity contribution < 1.29 is 23.1 Å². The standard InChI is InChI=1S/C30H34F2N4O3/c1-19(39-27-6-3-20(16-33)17-34-27)23-9-14-36(18-24(23)22-4-5-25(31)26(32)15-22)28(37)21-7-12-35(13-8-21)29(38)30(2)10-11-30/h3-6,15,17,19,21,23-24H,7-14,18H2,1-2H3. The van der Waals surface area contributed by atoms with E-state index < -0.39 is 11.6 Å². The average Bonchev–Trinajstić information content (AvgIpc) is 3.72. The molecule has 3 heterocycles. The van der Waals surface area contributed by atoms with E-state index in [1.807, 2.05) is 29.7 Å². The van der Waals surface area contributed by atoms with Crippen LogP contribution in [0, 0.1) is 40.2 Å². The number of rotatable bonds is 6. The van der Waals surface area contributed by atoms with E-state index in [4.69, 9.17) is 10.00 Å². The Kier molecular flexibility index (Phi) is 7.57. The molecule has 0 N–H and O–H groups in total. The van der Waals surface area contributed by atoms with E-state index in [1.165, 1.54) is 12.3 Å². The summed E-state index contributed by atoms with van der Waals surface area (Å²) in [6, 6.07) is 9.23. The molecule has 2 saturated heterocycles. The summed E-state index contributed by atoms with van der Waals surface area (Å²) >= 11 is 0. The number of ether oxygens (including phenoxy) is 1. The van der Waals surface area contributed by atoms with E-state index in [1.54, 1.807) is 18.2 Å². The first kappa shape index (κ1) is 27.0. The fraction of sp³-hybridized carbons (Fsp3) is 0.533. The predicted octanol–water partition coefficient (Wildman–Crippen LogP) is 4.67. The van der Waals surface area contributed by atoms with Gasteiger partial charge in [0.25, 0.3) is 0 Å². The van der Waals surface area contributed by atoms with Crippen LogP contribution in [0.2, 0.25) is 0 Å². The molecule has 7 nitrogen and oxygen atoms in total. The third kappa shape index (κ3) is 5.75. The SMILES string of the molecule is CC(Oc1ccc(C#N)cn1)C1CCN(C(=O)C2CCN(C(=O)C3(C)CC3)CC2)CC1c1ccc(F)c(F)c1. The predicted molar refractivity (Wildman–Crippen MR) is 139 cm³/mol. The minimum absolute atomic E-state index is 0.0631. The summed E-state index contributed by atoms with van der Waals surface area (Å²) < 4.78 is 34.1. The number of aromatic nitrogens is 1. The van der Waals surface area contributed by atoms with Crippen LogP contribution in [0.15, 0.2) is 36.5 Å². The molecule has 1 aliphatic carbocycles. The Balaban J connectivity index is 1.28. The van der Waals surface area contributed by atoms with E-state index in [-0.39, 0.29) is 41.1 Å². The summed E-state index contributed by atoms with van der Waals surface area (Å²) in [5.74, 6) is -1.67. The number of hydrogen-bond donors (Lipinski definition) is 0. The lowest BCUT2D eigenvalue weighted by molar-refractivity contribution is -0.144. The largest absolute Gasteiger partial charge is 0.474 e. The highest BCUT2D eigenvalue weighted by atomic mass is 19.2. The van der Waals surface area contributed by atoms with Gasteiger partial charge in [0.2, 0.25) is 17.7 Å². The van der Waals surface area contributed by atoms with Crippen LogP contribution in [0.25, 0.3) is 0 Å². The second-order valence-corrected chi connectivity index (χ2v) is 11.5. The van der Waals surface area contributed by atoms with Crippen LogP contribution >= 0.6 is 0 Å². The second kappa shape index (κ2) is 10.9. The molecule has 3 aliphatic rings. The normalized spacial score (nSPS) is 23.6. The molecule has 3 unspecified atom stereocenters.